The highest BCUT2D eigenvalue weighted by atomic mass is 32.1. The summed E-state index contributed by atoms with van der Waals surface area (Å²) in [5.74, 6) is -1.09. The van der Waals surface area contributed by atoms with Gasteiger partial charge in [-0.2, -0.15) is 0 Å². The third kappa shape index (κ3) is 3.46. The van der Waals surface area contributed by atoms with Crippen LogP contribution < -0.4 is 4.90 Å². The van der Waals surface area contributed by atoms with E-state index >= 15 is 0 Å². The van der Waals surface area contributed by atoms with Crippen molar-refractivity contribution in [1.29, 1.82) is 0 Å². The van der Waals surface area contributed by atoms with E-state index in [0.29, 0.717) is 17.2 Å². The van der Waals surface area contributed by atoms with Crippen molar-refractivity contribution in [2.24, 2.45) is 0 Å². The summed E-state index contributed by atoms with van der Waals surface area (Å²) in [6.07, 6.45) is 0.113. The molecule has 6 heteroatoms. The molecule has 2 rings (SSSR count). The molecule has 0 unspecified atom stereocenters. The molecule has 1 amide bonds. The minimum Gasteiger partial charge on any atom is -0.477 e. The number of aromatic nitrogens is 1. The molecule has 110 valence electrons. The maximum absolute atomic E-state index is 12.4. The zero-order valence-electron chi connectivity index (χ0n) is 11.9. The number of carboxylic acid groups (broad SMARTS) is 1. The third-order valence-electron chi connectivity index (χ3n) is 3.02. The van der Waals surface area contributed by atoms with Gasteiger partial charge in [0, 0.05) is 12.2 Å². The van der Waals surface area contributed by atoms with Crippen molar-refractivity contribution < 1.29 is 14.7 Å². The lowest BCUT2D eigenvalue weighted by Gasteiger charge is -2.20. The number of hydrogen-bond acceptors (Lipinski definition) is 4. The van der Waals surface area contributed by atoms with Crippen LogP contribution >= 0.6 is 11.3 Å². The average molecular weight is 304 g/mol. The molecule has 0 atom stereocenters. The highest BCUT2D eigenvalue weighted by Crippen LogP contribution is 2.20. The number of carbonyl (C=O) groups excluding carboxylic acids is 1. The molecule has 21 heavy (non-hydrogen) atoms. The Bertz CT molecular complexity index is 652. The Kier molecular flexibility index (Phi) is 4.70. The molecule has 1 aromatic carbocycles. The van der Waals surface area contributed by atoms with E-state index in [2.05, 4.69) is 4.98 Å². The number of nitrogens with zero attached hydrogens (tertiary/aromatic N) is 2. The Morgan fingerprint density at radius 1 is 1.29 bits per heavy atom. The summed E-state index contributed by atoms with van der Waals surface area (Å²) in [5.41, 5.74) is 1.29. The van der Waals surface area contributed by atoms with Crippen molar-refractivity contribution in [1.82, 2.24) is 4.98 Å². The molecule has 0 aliphatic carbocycles. The molecular formula is C15H16N2O3S. The highest BCUT2D eigenvalue weighted by molar-refractivity contribution is 7.13. The first kappa shape index (κ1) is 15.2. The highest BCUT2D eigenvalue weighted by Gasteiger charge is 2.19. The van der Waals surface area contributed by atoms with Gasteiger partial charge in [0.25, 0.3) is 0 Å². The Morgan fingerprint density at radius 2 is 1.95 bits per heavy atom. The zero-order valence-corrected chi connectivity index (χ0v) is 12.7. The van der Waals surface area contributed by atoms with Gasteiger partial charge in [0.1, 0.15) is 9.88 Å². The van der Waals surface area contributed by atoms with Crippen molar-refractivity contribution >= 4 is 28.9 Å². The lowest BCUT2D eigenvalue weighted by atomic mass is 10.2. The minimum atomic E-state index is -1.00. The van der Waals surface area contributed by atoms with E-state index in [1.807, 2.05) is 37.3 Å². The number of benzene rings is 1. The second-order valence-corrected chi connectivity index (χ2v) is 5.56. The quantitative estimate of drug-likeness (QED) is 0.922. The molecule has 0 bridgehead atoms. The predicted octanol–water partition coefficient (Wildman–Crippen LogP) is 2.75. The van der Waals surface area contributed by atoms with Crippen LogP contribution in [-0.2, 0) is 11.2 Å². The second-order valence-electron chi connectivity index (χ2n) is 4.48. The molecule has 0 spiro atoms. The first-order valence-corrected chi connectivity index (χ1v) is 7.39. The van der Waals surface area contributed by atoms with Crippen molar-refractivity contribution in [2.75, 3.05) is 11.4 Å². The number of rotatable bonds is 5. The molecule has 0 fully saturated rings. The van der Waals surface area contributed by atoms with Crippen LogP contribution in [0, 0.1) is 6.92 Å². The SMILES string of the molecule is CCN(C(=O)Cc1nc(C)c(C(=O)O)s1)c1ccccc1. The molecule has 5 nitrogen and oxygen atoms in total. The summed E-state index contributed by atoms with van der Waals surface area (Å²) >= 11 is 1.06. The van der Waals surface area contributed by atoms with Gasteiger partial charge < -0.3 is 10.0 Å². The average Bonchev–Trinajstić information content (AvgIpc) is 2.81. The van der Waals surface area contributed by atoms with Gasteiger partial charge in [-0.05, 0) is 26.0 Å². The number of thiazole rings is 1. The summed E-state index contributed by atoms with van der Waals surface area (Å²) in [6, 6.07) is 9.39. The lowest BCUT2D eigenvalue weighted by Crippen LogP contribution is -2.31. The van der Waals surface area contributed by atoms with Gasteiger partial charge in [0.15, 0.2) is 0 Å². The van der Waals surface area contributed by atoms with E-state index in [0.717, 1.165) is 17.0 Å². The fraction of sp³-hybridized carbons (Fsp3) is 0.267. The summed E-state index contributed by atoms with van der Waals surface area (Å²) < 4.78 is 0. The van der Waals surface area contributed by atoms with E-state index in [-0.39, 0.29) is 17.2 Å². The molecule has 0 radical (unpaired) electrons. The van der Waals surface area contributed by atoms with Gasteiger partial charge in [-0.3, -0.25) is 4.79 Å². The Labute approximate surface area is 126 Å². The van der Waals surface area contributed by atoms with Crippen LogP contribution in [0.15, 0.2) is 30.3 Å². The molecule has 1 heterocycles. The maximum Gasteiger partial charge on any atom is 0.347 e. The summed E-state index contributed by atoms with van der Waals surface area (Å²) in [7, 11) is 0. The smallest absolute Gasteiger partial charge is 0.347 e. The van der Waals surface area contributed by atoms with Gasteiger partial charge in [0.2, 0.25) is 5.91 Å². The van der Waals surface area contributed by atoms with E-state index in [9.17, 15) is 9.59 Å². The number of para-hydroxylation sites is 1. The molecule has 2 aromatic rings. The van der Waals surface area contributed by atoms with Gasteiger partial charge in [-0.1, -0.05) is 18.2 Å². The maximum atomic E-state index is 12.4. The monoisotopic (exact) mass is 304 g/mol. The Hall–Kier alpha value is -2.21. The number of amides is 1. The molecule has 0 aliphatic heterocycles. The van der Waals surface area contributed by atoms with Gasteiger partial charge in [-0.15, -0.1) is 11.3 Å². The fourth-order valence-corrected chi connectivity index (χ4v) is 2.96. The zero-order chi connectivity index (χ0) is 15.4. The van der Waals surface area contributed by atoms with Crippen LogP contribution in [0.5, 0.6) is 0 Å². The molecule has 0 saturated heterocycles. The molecule has 0 aliphatic rings. The van der Waals surface area contributed by atoms with E-state index in [1.165, 1.54) is 0 Å². The second kappa shape index (κ2) is 6.49. The van der Waals surface area contributed by atoms with Crippen molar-refractivity contribution in [3.05, 3.63) is 45.9 Å². The van der Waals surface area contributed by atoms with Crippen LogP contribution in [0.2, 0.25) is 0 Å². The van der Waals surface area contributed by atoms with E-state index in [4.69, 9.17) is 5.11 Å². The fourth-order valence-electron chi connectivity index (χ4n) is 2.06. The van der Waals surface area contributed by atoms with Gasteiger partial charge >= 0.3 is 5.97 Å². The predicted molar refractivity (Wildman–Crippen MR) is 82.0 cm³/mol. The van der Waals surface area contributed by atoms with Crippen LogP contribution in [0.25, 0.3) is 0 Å². The van der Waals surface area contributed by atoms with Gasteiger partial charge in [0.05, 0.1) is 12.1 Å². The summed E-state index contributed by atoms with van der Waals surface area (Å²) in [5, 5.41) is 9.55. The standard InChI is InChI=1S/C15H16N2O3S/c1-3-17(11-7-5-4-6-8-11)13(18)9-12-16-10(2)14(21-12)15(19)20/h4-8H,3,9H2,1-2H3,(H,19,20). The Balaban J connectivity index is 2.17. The first-order chi connectivity index (χ1) is 10.0. The van der Waals surface area contributed by atoms with Crippen LogP contribution in [0.4, 0.5) is 5.69 Å². The van der Waals surface area contributed by atoms with E-state index < -0.39 is 5.97 Å². The van der Waals surface area contributed by atoms with Crippen LogP contribution in [-0.4, -0.2) is 28.5 Å². The minimum absolute atomic E-state index is 0.0885. The largest absolute Gasteiger partial charge is 0.477 e. The number of carboxylic acids is 1. The number of anilines is 1. The number of carbonyl (C=O) groups is 2. The number of hydrogen-bond donors (Lipinski definition) is 1. The number of likely N-dealkylation sites (N-methyl/N-ethyl adjacent to an activating group) is 1. The number of aryl methyl sites for hydroxylation is 1. The van der Waals surface area contributed by atoms with E-state index in [1.54, 1.807) is 11.8 Å². The van der Waals surface area contributed by atoms with Crippen molar-refractivity contribution in [2.45, 2.75) is 20.3 Å². The van der Waals surface area contributed by atoms with Crippen LogP contribution in [0.1, 0.15) is 27.3 Å². The Morgan fingerprint density at radius 3 is 2.48 bits per heavy atom. The normalized spacial score (nSPS) is 10.4. The lowest BCUT2D eigenvalue weighted by molar-refractivity contribution is -0.117. The van der Waals surface area contributed by atoms with Crippen molar-refractivity contribution in [3.8, 4) is 0 Å². The number of aromatic carboxylic acids is 1. The summed E-state index contributed by atoms with van der Waals surface area (Å²) in [6.45, 7) is 4.10. The van der Waals surface area contributed by atoms with Crippen molar-refractivity contribution in [3.63, 3.8) is 0 Å². The van der Waals surface area contributed by atoms with Crippen LogP contribution in [0.3, 0.4) is 0 Å². The molecule has 1 aromatic heterocycles. The van der Waals surface area contributed by atoms with Gasteiger partial charge in [-0.25, -0.2) is 9.78 Å². The summed E-state index contributed by atoms with van der Waals surface area (Å²) in [4.78, 5) is 29.4. The third-order valence-corrected chi connectivity index (χ3v) is 4.17. The first-order valence-electron chi connectivity index (χ1n) is 6.58. The molecular weight excluding hydrogens is 288 g/mol. The molecule has 1 N–H and O–H groups in total. The molecule has 0 saturated carbocycles. The topological polar surface area (TPSA) is 70.5 Å².